The van der Waals surface area contributed by atoms with Crippen LogP contribution in [0, 0.1) is 12.8 Å². The van der Waals surface area contributed by atoms with Crippen LogP contribution in [0.2, 0.25) is 0 Å². The van der Waals surface area contributed by atoms with Crippen molar-refractivity contribution in [3.8, 4) is 0 Å². The van der Waals surface area contributed by atoms with Crippen molar-refractivity contribution < 1.29 is 9.59 Å². The predicted molar refractivity (Wildman–Crippen MR) is 97.7 cm³/mol. The molecule has 1 saturated carbocycles. The highest BCUT2D eigenvalue weighted by atomic mass is 35.5. The number of nitrogens with one attached hydrogen (secondary N) is 3. The smallest absolute Gasteiger partial charge is 0.251 e. The molecule has 1 heterocycles. The molecule has 2 aliphatic rings. The van der Waals surface area contributed by atoms with Crippen molar-refractivity contribution in [2.75, 3.05) is 12.4 Å². The number of rotatable bonds is 3. The molecule has 3 atom stereocenters. The molecule has 24 heavy (non-hydrogen) atoms. The van der Waals surface area contributed by atoms with Crippen molar-refractivity contribution in [2.45, 2.75) is 51.1 Å². The van der Waals surface area contributed by atoms with Gasteiger partial charge in [-0.25, -0.2) is 0 Å². The lowest BCUT2D eigenvalue weighted by Gasteiger charge is -2.24. The molecule has 3 unspecified atom stereocenters. The van der Waals surface area contributed by atoms with Crippen LogP contribution in [0.15, 0.2) is 18.2 Å². The molecule has 1 aromatic rings. The van der Waals surface area contributed by atoms with Gasteiger partial charge >= 0.3 is 0 Å². The molecule has 0 bridgehead atoms. The van der Waals surface area contributed by atoms with Crippen LogP contribution in [0.5, 0.6) is 0 Å². The van der Waals surface area contributed by atoms with Crippen molar-refractivity contribution >= 4 is 29.9 Å². The molecule has 132 valence electrons. The maximum atomic E-state index is 12.6. The van der Waals surface area contributed by atoms with Gasteiger partial charge in [-0.2, -0.15) is 0 Å². The first-order valence-corrected chi connectivity index (χ1v) is 8.48. The largest absolute Gasteiger partial charge is 0.355 e. The van der Waals surface area contributed by atoms with E-state index in [2.05, 4.69) is 16.0 Å². The van der Waals surface area contributed by atoms with Crippen molar-refractivity contribution in [1.29, 1.82) is 0 Å². The highest BCUT2D eigenvalue weighted by Gasteiger charge is 2.38. The molecule has 1 aliphatic carbocycles. The van der Waals surface area contributed by atoms with Gasteiger partial charge in [-0.1, -0.05) is 18.9 Å². The van der Waals surface area contributed by atoms with E-state index in [1.54, 1.807) is 19.2 Å². The summed E-state index contributed by atoms with van der Waals surface area (Å²) in [5.74, 6) is 0.512. The van der Waals surface area contributed by atoms with Crippen LogP contribution in [0.4, 0.5) is 5.69 Å². The summed E-state index contributed by atoms with van der Waals surface area (Å²) in [5, 5.41) is 9.12. The molecule has 2 amide bonds. The Morgan fingerprint density at radius 1 is 1.21 bits per heavy atom. The number of benzene rings is 1. The highest BCUT2D eigenvalue weighted by Crippen LogP contribution is 2.33. The van der Waals surface area contributed by atoms with Crippen molar-refractivity contribution in [1.82, 2.24) is 10.6 Å². The number of halogens is 1. The van der Waals surface area contributed by atoms with Gasteiger partial charge < -0.3 is 16.0 Å². The Morgan fingerprint density at radius 3 is 2.67 bits per heavy atom. The normalized spacial score (nSPS) is 25.3. The number of carbonyl (C=O) groups is 2. The topological polar surface area (TPSA) is 70.2 Å². The molecule has 1 saturated heterocycles. The molecule has 0 radical (unpaired) electrons. The highest BCUT2D eigenvalue weighted by molar-refractivity contribution is 6.00. The summed E-state index contributed by atoms with van der Waals surface area (Å²) in [4.78, 5) is 24.4. The lowest BCUT2D eigenvalue weighted by Crippen LogP contribution is -2.40. The zero-order valence-electron chi connectivity index (χ0n) is 14.2. The van der Waals surface area contributed by atoms with Gasteiger partial charge in [-0.05, 0) is 49.8 Å². The number of hydrogen-bond acceptors (Lipinski definition) is 3. The van der Waals surface area contributed by atoms with E-state index in [1.807, 2.05) is 13.0 Å². The first-order chi connectivity index (χ1) is 11.1. The first-order valence-electron chi connectivity index (χ1n) is 8.48. The van der Waals surface area contributed by atoms with E-state index in [1.165, 1.54) is 25.7 Å². The van der Waals surface area contributed by atoms with Crippen LogP contribution in [-0.2, 0) is 4.79 Å². The number of amides is 2. The molecule has 5 nitrogen and oxygen atoms in total. The Labute approximate surface area is 149 Å². The Kier molecular flexibility index (Phi) is 6.24. The van der Waals surface area contributed by atoms with Crippen LogP contribution in [0.25, 0.3) is 0 Å². The molecule has 3 rings (SSSR count). The van der Waals surface area contributed by atoms with Gasteiger partial charge in [-0.15, -0.1) is 12.4 Å². The summed E-state index contributed by atoms with van der Waals surface area (Å²) in [7, 11) is 1.61. The van der Waals surface area contributed by atoms with Gasteiger partial charge in [0.2, 0.25) is 5.91 Å². The van der Waals surface area contributed by atoms with E-state index in [9.17, 15) is 9.59 Å². The van der Waals surface area contributed by atoms with E-state index >= 15 is 0 Å². The van der Waals surface area contributed by atoms with Crippen molar-refractivity contribution in [3.05, 3.63) is 29.3 Å². The van der Waals surface area contributed by atoms with E-state index in [4.69, 9.17) is 0 Å². The molecule has 0 spiro atoms. The van der Waals surface area contributed by atoms with Gasteiger partial charge in [0.25, 0.3) is 5.91 Å². The molecular formula is C18H26ClN3O2. The monoisotopic (exact) mass is 351 g/mol. The van der Waals surface area contributed by atoms with Crippen molar-refractivity contribution in [2.24, 2.45) is 5.92 Å². The number of carbonyl (C=O) groups excluding carboxylic acids is 2. The Bertz CT molecular complexity index is 606. The zero-order chi connectivity index (χ0) is 16.4. The van der Waals surface area contributed by atoms with Crippen LogP contribution < -0.4 is 16.0 Å². The second-order valence-electron chi connectivity index (χ2n) is 6.65. The second kappa shape index (κ2) is 7.99. The molecule has 3 N–H and O–H groups in total. The first kappa shape index (κ1) is 18.7. The summed E-state index contributed by atoms with van der Waals surface area (Å²) < 4.78 is 0. The minimum Gasteiger partial charge on any atom is -0.355 e. The fourth-order valence-corrected chi connectivity index (χ4v) is 3.89. The van der Waals surface area contributed by atoms with E-state index in [-0.39, 0.29) is 30.3 Å². The van der Waals surface area contributed by atoms with Gasteiger partial charge in [-0.3, -0.25) is 9.59 Å². The van der Waals surface area contributed by atoms with Gasteiger partial charge in [0, 0.05) is 24.3 Å². The molecule has 6 heteroatoms. The summed E-state index contributed by atoms with van der Waals surface area (Å²) in [6.07, 6.45) is 5.87. The summed E-state index contributed by atoms with van der Waals surface area (Å²) in [5.41, 5.74) is 2.11. The Balaban J connectivity index is 0.00000208. The summed E-state index contributed by atoms with van der Waals surface area (Å²) in [6.45, 7) is 1.86. The molecule has 1 aromatic carbocycles. The molecule has 2 fully saturated rings. The van der Waals surface area contributed by atoms with E-state index in [0.717, 1.165) is 12.0 Å². The average molecular weight is 352 g/mol. The van der Waals surface area contributed by atoms with Gasteiger partial charge in [0.1, 0.15) is 0 Å². The third-order valence-electron chi connectivity index (χ3n) is 5.24. The van der Waals surface area contributed by atoms with Crippen LogP contribution >= 0.6 is 12.4 Å². The van der Waals surface area contributed by atoms with Crippen LogP contribution in [0.1, 0.15) is 48.0 Å². The molecule has 1 aliphatic heterocycles. The third kappa shape index (κ3) is 3.73. The molecule has 0 aromatic heterocycles. The third-order valence-corrected chi connectivity index (χ3v) is 5.24. The fourth-order valence-electron chi connectivity index (χ4n) is 3.89. The molecular weight excluding hydrogens is 326 g/mol. The number of fused-ring (bicyclic) bond motifs is 1. The second-order valence-corrected chi connectivity index (χ2v) is 6.65. The summed E-state index contributed by atoms with van der Waals surface area (Å²) in [6, 6.07) is 5.80. The standard InChI is InChI=1S/C18H25N3O2.ClH/c1-11-13(17(22)19-2)7-5-9-14(11)21-18(23)16-10-12-6-3-4-8-15(12)20-16;/h5,7,9,12,15-16,20H,3-4,6,8,10H2,1-2H3,(H,19,22)(H,21,23);1H. The predicted octanol–water partition coefficient (Wildman–Crippen LogP) is 2.64. The average Bonchev–Trinajstić information content (AvgIpc) is 3.00. The number of anilines is 1. The lowest BCUT2D eigenvalue weighted by molar-refractivity contribution is -0.117. The quantitative estimate of drug-likeness (QED) is 0.784. The van der Waals surface area contributed by atoms with E-state index in [0.29, 0.717) is 23.2 Å². The van der Waals surface area contributed by atoms with Crippen molar-refractivity contribution in [3.63, 3.8) is 0 Å². The summed E-state index contributed by atoms with van der Waals surface area (Å²) >= 11 is 0. The van der Waals surface area contributed by atoms with Gasteiger partial charge in [0.15, 0.2) is 0 Å². The SMILES string of the molecule is CNC(=O)c1cccc(NC(=O)C2CC3CCCCC3N2)c1C.Cl. The number of hydrogen-bond donors (Lipinski definition) is 3. The maximum absolute atomic E-state index is 12.6. The Morgan fingerprint density at radius 2 is 1.96 bits per heavy atom. The van der Waals surface area contributed by atoms with Crippen LogP contribution in [0.3, 0.4) is 0 Å². The van der Waals surface area contributed by atoms with Crippen LogP contribution in [-0.4, -0.2) is 30.9 Å². The lowest BCUT2D eigenvalue weighted by atomic mass is 9.85. The van der Waals surface area contributed by atoms with Gasteiger partial charge in [0.05, 0.1) is 6.04 Å². The van der Waals surface area contributed by atoms with E-state index < -0.39 is 0 Å². The maximum Gasteiger partial charge on any atom is 0.251 e. The Hall–Kier alpha value is -1.59. The zero-order valence-corrected chi connectivity index (χ0v) is 15.0. The minimum absolute atomic E-state index is 0. The fraction of sp³-hybridized carbons (Fsp3) is 0.556. The minimum atomic E-state index is -0.136.